The molecule has 2 aliphatic heterocycles. The van der Waals surface area contributed by atoms with E-state index in [1.807, 2.05) is 6.07 Å². The Hall–Kier alpha value is -1.46. The molecule has 24 heavy (non-hydrogen) atoms. The van der Waals surface area contributed by atoms with Gasteiger partial charge in [0, 0.05) is 25.8 Å². The van der Waals surface area contributed by atoms with Gasteiger partial charge in [0.05, 0.1) is 5.41 Å². The zero-order chi connectivity index (χ0) is 17.0. The molecule has 0 aromatic heterocycles. The van der Waals surface area contributed by atoms with Gasteiger partial charge in [0.25, 0.3) is 0 Å². The number of nitrogens with one attached hydrogen (secondary N) is 1. The summed E-state index contributed by atoms with van der Waals surface area (Å²) in [6.07, 6.45) is 3.33. The van der Waals surface area contributed by atoms with Crippen LogP contribution in [0.15, 0.2) is 24.3 Å². The van der Waals surface area contributed by atoms with Crippen LogP contribution in [-0.4, -0.2) is 49.7 Å². The average Bonchev–Trinajstić information content (AvgIpc) is 2.62. The number of halogens is 1. The van der Waals surface area contributed by atoms with Gasteiger partial charge in [0.1, 0.15) is 5.82 Å². The molecule has 2 saturated heterocycles. The number of hydrogen-bond donors (Lipinski definition) is 1. The number of rotatable bonds is 4. The highest BCUT2D eigenvalue weighted by Crippen LogP contribution is 2.35. The summed E-state index contributed by atoms with van der Waals surface area (Å²) in [6.45, 7) is 6.24. The van der Waals surface area contributed by atoms with Gasteiger partial charge in [-0.3, -0.25) is 4.79 Å². The van der Waals surface area contributed by atoms with Crippen molar-refractivity contribution < 1.29 is 13.9 Å². The van der Waals surface area contributed by atoms with Gasteiger partial charge in [-0.25, -0.2) is 4.39 Å². The van der Waals surface area contributed by atoms with Crippen molar-refractivity contribution in [1.82, 2.24) is 10.2 Å². The second-order valence-electron chi connectivity index (χ2n) is 6.91. The van der Waals surface area contributed by atoms with E-state index >= 15 is 0 Å². The lowest BCUT2D eigenvalue weighted by atomic mass is 9.73. The third kappa shape index (κ3) is 3.62. The number of ether oxygens (including phenoxy) is 1. The Bertz CT molecular complexity index is 572. The summed E-state index contributed by atoms with van der Waals surface area (Å²) < 4.78 is 19.2. The summed E-state index contributed by atoms with van der Waals surface area (Å²) in [7, 11) is 0. The fourth-order valence-electron chi connectivity index (χ4n) is 3.94. The van der Waals surface area contributed by atoms with Crippen LogP contribution in [0.4, 0.5) is 4.39 Å². The summed E-state index contributed by atoms with van der Waals surface area (Å²) in [5.41, 5.74) is 0.0981. The highest BCUT2D eigenvalue weighted by Gasteiger charge is 2.42. The monoisotopic (exact) mass is 334 g/mol. The fraction of sp³-hybridized carbons (Fsp3) is 0.632. The van der Waals surface area contributed by atoms with E-state index in [0.29, 0.717) is 26.1 Å². The molecule has 1 amide bonds. The molecule has 2 heterocycles. The van der Waals surface area contributed by atoms with E-state index in [9.17, 15) is 9.18 Å². The summed E-state index contributed by atoms with van der Waals surface area (Å²) in [5, 5.41) is 3.25. The zero-order valence-electron chi connectivity index (χ0n) is 14.4. The fourth-order valence-corrected chi connectivity index (χ4v) is 3.94. The Morgan fingerprint density at radius 2 is 2.21 bits per heavy atom. The van der Waals surface area contributed by atoms with E-state index in [2.05, 4.69) is 17.1 Å². The predicted molar refractivity (Wildman–Crippen MR) is 91.4 cm³/mol. The minimum Gasteiger partial charge on any atom is -0.381 e. The molecule has 132 valence electrons. The van der Waals surface area contributed by atoms with E-state index in [4.69, 9.17) is 4.74 Å². The van der Waals surface area contributed by atoms with Crippen LogP contribution in [0.25, 0.3) is 0 Å². The van der Waals surface area contributed by atoms with Gasteiger partial charge < -0.3 is 15.0 Å². The van der Waals surface area contributed by atoms with Crippen LogP contribution in [0, 0.1) is 5.82 Å². The minimum absolute atomic E-state index is 0.0272. The maximum atomic E-state index is 13.7. The second-order valence-corrected chi connectivity index (χ2v) is 6.91. The SMILES string of the molecule is CCN1CCC[C@H](NC(=O)C2(c3cccc(F)c3)CCOCC2)C1. The maximum Gasteiger partial charge on any atom is 0.231 e. The Balaban J connectivity index is 1.79. The van der Waals surface area contributed by atoms with Crippen LogP contribution < -0.4 is 5.32 Å². The average molecular weight is 334 g/mol. The molecule has 1 atom stereocenters. The van der Waals surface area contributed by atoms with Crippen molar-refractivity contribution in [2.45, 2.75) is 44.1 Å². The lowest BCUT2D eigenvalue weighted by molar-refractivity contribution is -0.131. The molecule has 2 fully saturated rings. The molecule has 5 heteroatoms. The highest BCUT2D eigenvalue weighted by molar-refractivity contribution is 5.88. The lowest BCUT2D eigenvalue weighted by Gasteiger charge is -2.39. The van der Waals surface area contributed by atoms with Crippen molar-refractivity contribution in [2.24, 2.45) is 0 Å². The van der Waals surface area contributed by atoms with Crippen LogP contribution in [0.3, 0.4) is 0 Å². The summed E-state index contributed by atoms with van der Waals surface area (Å²) in [5.74, 6) is -0.264. The molecular formula is C19H27FN2O2. The number of carbonyl (C=O) groups is 1. The number of carbonyl (C=O) groups excluding carboxylic acids is 1. The number of amides is 1. The van der Waals surface area contributed by atoms with Crippen molar-refractivity contribution in [3.05, 3.63) is 35.6 Å². The number of benzene rings is 1. The molecule has 0 aliphatic carbocycles. The molecule has 1 N–H and O–H groups in total. The smallest absolute Gasteiger partial charge is 0.231 e. The van der Waals surface area contributed by atoms with Gasteiger partial charge in [-0.2, -0.15) is 0 Å². The van der Waals surface area contributed by atoms with E-state index in [0.717, 1.165) is 38.0 Å². The summed E-state index contributed by atoms with van der Waals surface area (Å²) >= 11 is 0. The first-order valence-electron chi connectivity index (χ1n) is 9.01. The Morgan fingerprint density at radius 3 is 2.92 bits per heavy atom. The summed E-state index contributed by atoms with van der Waals surface area (Å²) in [4.78, 5) is 15.6. The molecule has 4 nitrogen and oxygen atoms in total. The molecule has 0 radical (unpaired) electrons. The van der Waals surface area contributed by atoms with Gasteiger partial charge >= 0.3 is 0 Å². The number of piperidine rings is 1. The van der Waals surface area contributed by atoms with E-state index in [1.54, 1.807) is 6.07 Å². The Kier molecular flexibility index (Phi) is 5.51. The van der Waals surface area contributed by atoms with E-state index < -0.39 is 5.41 Å². The molecule has 0 saturated carbocycles. The number of likely N-dealkylation sites (tertiary alicyclic amines) is 1. The quantitative estimate of drug-likeness (QED) is 0.920. The van der Waals surface area contributed by atoms with Gasteiger partial charge in [0.15, 0.2) is 0 Å². The predicted octanol–water partition coefficient (Wildman–Crippen LogP) is 2.47. The van der Waals surface area contributed by atoms with Gasteiger partial charge in [0.2, 0.25) is 5.91 Å². The molecule has 2 aliphatic rings. The molecular weight excluding hydrogens is 307 g/mol. The third-order valence-electron chi connectivity index (χ3n) is 5.45. The highest BCUT2D eigenvalue weighted by atomic mass is 19.1. The van der Waals surface area contributed by atoms with Crippen molar-refractivity contribution in [2.75, 3.05) is 32.8 Å². The summed E-state index contributed by atoms with van der Waals surface area (Å²) in [6, 6.07) is 6.67. The molecule has 3 rings (SSSR count). The van der Waals surface area contributed by atoms with Crippen LogP contribution in [0.2, 0.25) is 0 Å². The Morgan fingerprint density at radius 1 is 1.42 bits per heavy atom. The van der Waals surface area contributed by atoms with Gasteiger partial charge in [-0.15, -0.1) is 0 Å². The van der Waals surface area contributed by atoms with Crippen LogP contribution in [-0.2, 0) is 14.9 Å². The van der Waals surface area contributed by atoms with E-state index in [-0.39, 0.29) is 17.8 Å². The van der Waals surface area contributed by atoms with Gasteiger partial charge in [-0.1, -0.05) is 19.1 Å². The zero-order valence-corrected chi connectivity index (χ0v) is 14.4. The molecule has 1 aromatic carbocycles. The van der Waals surface area contributed by atoms with E-state index in [1.165, 1.54) is 12.1 Å². The molecule has 0 bridgehead atoms. The topological polar surface area (TPSA) is 41.6 Å². The van der Waals surface area contributed by atoms with Crippen molar-refractivity contribution in [3.63, 3.8) is 0 Å². The molecule has 1 aromatic rings. The third-order valence-corrected chi connectivity index (χ3v) is 5.45. The minimum atomic E-state index is -0.672. The van der Waals surface area contributed by atoms with Crippen LogP contribution in [0.5, 0.6) is 0 Å². The van der Waals surface area contributed by atoms with Crippen molar-refractivity contribution in [1.29, 1.82) is 0 Å². The first kappa shape index (κ1) is 17.4. The number of likely N-dealkylation sites (N-methyl/N-ethyl adjacent to an activating group) is 1. The lowest BCUT2D eigenvalue weighted by Crippen LogP contribution is -2.54. The number of nitrogens with zero attached hydrogens (tertiary/aromatic N) is 1. The first-order chi connectivity index (χ1) is 11.6. The second kappa shape index (κ2) is 7.62. The van der Waals surface area contributed by atoms with Gasteiger partial charge in [-0.05, 0) is 56.5 Å². The molecule has 0 unspecified atom stereocenters. The van der Waals surface area contributed by atoms with Crippen LogP contribution >= 0.6 is 0 Å². The molecule has 0 spiro atoms. The van der Waals surface area contributed by atoms with Crippen molar-refractivity contribution in [3.8, 4) is 0 Å². The van der Waals surface area contributed by atoms with Crippen molar-refractivity contribution >= 4 is 5.91 Å². The normalized spacial score (nSPS) is 24.5. The standard InChI is InChI=1S/C19H27FN2O2/c1-2-22-10-4-7-17(14-22)21-18(23)19(8-11-24-12-9-19)15-5-3-6-16(20)13-15/h3,5-6,13,17H,2,4,7-12,14H2,1H3,(H,21,23)/t17-/m0/s1. The largest absolute Gasteiger partial charge is 0.381 e. The number of hydrogen-bond acceptors (Lipinski definition) is 3. The first-order valence-corrected chi connectivity index (χ1v) is 9.01. The Labute approximate surface area is 143 Å². The maximum absolute atomic E-state index is 13.7. The van der Waals surface area contributed by atoms with Crippen LogP contribution in [0.1, 0.15) is 38.2 Å².